The van der Waals surface area contributed by atoms with Crippen molar-refractivity contribution < 1.29 is 0 Å². The van der Waals surface area contributed by atoms with Gasteiger partial charge in [0, 0.05) is 23.3 Å². The number of benzene rings is 1. The van der Waals surface area contributed by atoms with Crippen LogP contribution in [0.1, 0.15) is 16.0 Å². The molecule has 3 nitrogen and oxygen atoms in total. The van der Waals surface area contributed by atoms with Crippen LogP contribution >= 0.6 is 11.3 Å². The Bertz CT molecular complexity index is 471. The molecule has 2 rings (SSSR count). The summed E-state index contributed by atoms with van der Waals surface area (Å²) in [4.78, 5) is 5.38. The van der Waals surface area contributed by atoms with Crippen molar-refractivity contribution in [2.75, 3.05) is 5.32 Å². The molecule has 0 fully saturated rings. The predicted molar refractivity (Wildman–Crippen MR) is 69.2 cm³/mol. The van der Waals surface area contributed by atoms with E-state index in [-0.39, 0.29) is 0 Å². The lowest BCUT2D eigenvalue weighted by Gasteiger charge is -2.09. The van der Waals surface area contributed by atoms with Crippen LogP contribution < -0.4 is 11.1 Å². The van der Waals surface area contributed by atoms with Gasteiger partial charge < -0.3 is 11.1 Å². The molecule has 0 aliphatic rings. The van der Waals surface area contributed by atoms with E-state index >= 15 is 0 Å². The van der Waals surface area contributed by atoms with Crippen LogP contribution in [-0.2, 0) is 6.54 Å². The third-order valence-corrected chi connectivity index (χ3v) is 3.40. The van der Waals surface area contributed by atoms with Gasteiger partial charge in [-0.25, -0.2) is 4.98 Å². The van der Waals surface area contributed by atoms with Crippen LogP contribution in [0, 0.1) is 13.8 Å². The van der Waals surface area contributed by atoms with E-state index in [1.54, 1.807) is 11.3 Å². The molecule has 0 spiro atoms. The van der Waals surface area contributed by atoms with Gasteiger partial charge in [-0.3, -0.25) is 0 Å². The molecule has 1 heterocycles. The van der Waals surface area contributed by atoms with Crippen LogP contribution in [0.3, 0.4) is 0 Å². The van der Waals surface area contributed by atoms with E-state index in [2.05, 4.69) is 42.3 Å². The van der Waals surface area contributed by atoms with Crippen LogP contribution in [0.2, 0.25) is 0 Å². The van der Waals surface area contributed by atoms with Crippen LogP contribution in [-0.4, -0.2) is 4.98 Å². The Morgan fingerprint density at radius 1 is 1.31 bits per heavy atom. The molecule has 0 unspecified atom stereocenters. The summed E-state index contributed by atoms with van der Waals surface area (Å²) in [6.07, 6.45) is 1.82. The average Bonchev–Trinajstić information content (AvgIpc) is 2.71. The molecular formula is C12H15N3S. The van der Waals surface area contributed by atoms with E-state index in [1.165, 1.54) is 11.1 Å². The molecule has 4 heteroatoms. The van der Waals surface area contributed by atoms with E-state index in [0.717, 1.165) is 15.7 Å². The van der Waals surface area contributed by atoms with E-state index in [0.29, 0.717) is 6.54 Å². The number of thiazole rings is 1. The summed E-state index contributed by atoms with van der Waals surface area (Å²) in [7, 11) is 0. The third kappa shape index (κ3) is 2.23. The fourth-order valence-electron chi connectivity index (χ4n) is 1.58. The highest BCUT2D eigenvalue weighted by Crippen LogP contribution is 2.26. The number of nitrogens with two attached hydrogens (primary N) is 1. The van der Waals surface area contributed by atoms with Gasteiger partial charge in [-0.15, -0.1) is 11.3 Å². The zero-order valence-electron chi connectivity index (χ0n) is 9.45. The molecule has 0 amide bonds. The topological polar surface area (TPSA) is 50.9 Å². The van der Waals surface area contributed by atoms with Crippen molar-refractivity contribution >= 4 is 22.2 Å². The minimum atomic E-state index is 0.548. The SMILES string of the molecule is Cc1cccc(C)c1Nc1ncc(CN)s1. The smallest absolute Gasteiger partial charge is 0.187 e. The number of nitrogens with one attached hydrogen (secondary N) is 1. The Hall–Kier alpha value is -1.39. The lowest BCUT2D eigenvalue weighted by Crippen LogP contribution is -1.94. The number of hydrogen-bond donors (Lipinski definition) is 2. The number of anilines is 2. The van der Waals surface area contributed by atoms with Gasteiger partial charge in [-0.05, 0) is 25.0 Å². The number of aromatic nitrogens is 1. The molecule has 0 bridgehead atoms. The minimum absolute atomic E-state index is 0.548. The lowest BCUT2D eigenvalue weighted by molar-refractivity contribution is 1.10. The molecule has 2 aromatic rings. The summed E-state index contributed by atoms with van der Waals surface area (Å²) in [5.41, 5.74) is 9.15. The van der Waals surface area contributed by atoms with Crippen molar-refractivity contribution in [3.8, 4) is 0 Å². The highest BCUT2D eigenvalue weighted by molar-refractivity contribution is 7.15. The molecule has 0 aliphatic heterocycles. The van der Waals surface area contributed by atoms with Crippen LogP contribution in [0.4, 0.5) is 10.8 Å². The molecule has 1 aromatic carbocycles. The van der Waals surface area contributed by atoms with E-state index in [9.17, 15) is 0 Å². The quantitative estimate of drug-likeness (QED) is 0.857. The fraction of sp³-hybridized carbons (Fsp3) is 0.250. The standard InChI is InChI=1S/C12H15N3S/c1-8-4-3-5-9(2)11(8)15-12-14-7-10(6-13)16-12/h3-5,7H,6,13H2,1-2H3,(H,14,15). The van der Waals surface area contributed by atoms with Gasteiger partial charge in [-0.2, -0.15) is 0 Å². The number of nitrogens with zero attached hydrogens (tertiary/aromatic N) is 1. The van der Waals surface area contributed by atoms with Crippen LogP contribution in [0.15, 0.2) is 24.4 Å². The second-order valence-corrected chi connectivity index (χ2v) is 4.84. The van der Waals surface area contributed by atoms with E-state index in [4.69, 9.17) is 5.73 Å². The summed E-state index contributed by atoms with van der Waals surface area (Å²) in [6.45, 7) is 4.73. The van der Waals surface area contributed by atoms with Gasteiger partial charge in [-0.1, -0.05) is 18.2 Å². The van der Waals surface area contributed by atoms with Crippen LogP contribution in [0.5, 0.6) is 0 Å². The second kappa shape index (κ2) is 4.63. The number of hydrogen-bond acceptors (Lipinski definition) is 4. The maximum atomic E-state index is 5.56. The molecule has 16 heavy (non-hydrogen) atoms. The highest BCUT2D eigenvalue weighted by atomic mass is 32.1. The Labute approximate surface area is 99.3 Å². The van der Waals surface area contributed by atoms with Crippen molar-refractivity contribution in [3.63, 3.8) is 0 Å². The van der Waals surface area contributed by atoms with Gasteiger partial charge in [0.25, 0.3) is 0 Å². The molecule has 3 N–H and O–H groups in total. The van der Waals surface area contributed by atoms with Gasteiger partial charge in [0.2, 0.25) is 0 Å². The van der Waals surface area contributed by atoms with Gasteiger partial charge in [0.15, 0.2) is 5.13 Å². The Morgan fingerprint density at radius 3 is 2.56 bits per heavy atom. The predicted octanol–water partition coefficient (Wildman–Crippen LogP) is 2.96. The molecule has 0 saturated carbocycles. The maximum absolute atomic E-state index is 5.56. The van der Waals surface area contributed by atoms with Crippen molar-refractivity contribution in [2.45, 2.75) is 20.4 Å². The van der Waals surface area contributed by atoms with Gasteiger partial charge >= 0.3 is 0 Å². The normalized spacial score (nSPS) is 10.4. The molecule has 1 aromatic heterocycles. The van der Waals surface area contributed by atoms with Crippen molar-refractivity contribution in [1.29, 1.82) is 0 Å². The monoisotopic (exact) mass is 233 g/mol. The maximum Gasteiger partial charge on any atom is 0.187 e. The minimum Gasteiger partial charge on any atom is -0.331 e. The summed E-state index contributed by atoms with van der Waals surface area (Å²) in [6, 6.07) is 6.24. The van der Waals surface area contributed by atoms with Crippen molar-refractivity contribution in [2.24, 2.45) is 5.73 Å². The molecule has 0 atom stereocenters. The largest absolute Gasteiger partial charge is 0.331 e. The first-order chi connectivity index (χ1) is 7.70. The third-order valence-electron chi connectivity index (χ3n) is 2.47. The average molecular weight is 233 g/mol. The lowest BCUT2D eigenvalue weighted by atomic mass is 10.1. The van der Waals surface area contributed by atoms with Crippen LogP contribution in [0.25, 0.3) is 0 Å². The fourth-order valence-corrected chi connectivity index (χ4v) is 2.27. The molecule has 0 radical (unpaired) electrons. The zero-order valence-corrected chi connectivity index (χ0v) is 10.3. The number of aryl methyl sites for hydroxylation is 2. The van der Waals surface area contributed by atoms with E-state index in [1.807, 2.05) is 6.20 Å². The number of rotatable bonds is 3. The molecule has 0 saturated heterocycles. The summed E-state index contributed by atoms with van der Waals surface area (Å²) < 4.78 is 0. The Morgan fingerprint density at radius 2 is 2.00 bits per heavy atom. The molecular weight excluding hydrogens is 218 g/mol. The second-order valence-electron chi connectivity index (χ2n) is 3.73. The first kappa shape index (κ1) is 11.1. The summed E-state index contributed by atoms with van der Waals surface area (Å²) >= 11 is 1.60. The molecule has 84 valence electrons. The Kier molecular flexibility index (Phi) is 3.22. The summed E-state index contributed by atoms with van der Waals surface area (Å²) in [5.74, 6) is 0. The van der Waals surface area contributed by atoms with Crippen molar-refractivity contribution in [3.05, 3.63) is 40.4 Å². The van der Waals surface area contributed by atoms with E-state index < -0.39 is 0 Å². The van der Waals surface area contributed by atoms with Crippen molar-refractivity contribution in [1.82, 2.24) is 4.98 Å². The zero-order chi connectivity index (χ0) is 11.5. The summed E-state index contributed by atoms with van der Waals surface area (Å²) in [5, 5.41) is 4.25. The highest BCUT2D eigenvalue weighted by Gasteiger charge is 2.05. The van der Waals surface area contributed by atoms with Gasteiger partial charge in [0.05, 0.1) is 0 Å². The first-order valence-electron chi connectivity index (χ1n) is 5.18. The van der Waals surface area contributed by atoms with Gasteiger partial charge in [0.1, 0.15) is 0 Å². The molecule has 0 aliphatic carbocycles. The Balaban J connectivity index is 2.26. The number of para-hydroxylation sites is 1. The first-order valence-corrected chi connectivity index (χ1v) is 6.00.